The van der Waals surface area contributed by atoms with Crippen molar-refractivity contribution in [1.82, 2.24) is 5.32 Å². The molecule has 2 atom stereocenters. The van der Waals surface area contributed by atoms with Gasteiger partial charge in [0.15, 0.2) is 0 Å². The van der Waals surface area contributed by atoms with Gasteiger partial charge in [-0.25, -0.2) is 0 Å². The Morgan fingerprint density at radius 2 is 1.95 bits per heavy atom. The van der Waals surface area contributed by atoms with Crippen molar-refractivity contribution < 1.29 is 9.90 Å². The number of benzene rings is 1. The Balaban J connectivity index is 1.86. The van der Waals surface area contributed by atoms with Gasteiger partial charge in [-0.1, -0.05) is 44.0 Å². The van der Waals surface area contributed by atoms with Crippen LogP contribution in [-0.4, -0.2) is 17.6 Å². The number of hydrogen-bond donors (Lipinski definition) is 2. The average molecular weight is 275 g/mol. The van der Waals surface area contributed by atoms with E-state index in [1.807, 2.05) is 0 Å². The van der Waals surface area contributed by atoms with Crippen LogP contribution >= 0.6 is 0 Å². The Kier molecular flexibility index (Phi) is 5.60. The van der Waals surface area contributed by atoms with Crippen LogP contribution in [0.5, 0.6) is 0 Å². The van der Waals surface area contributed by atoms with E-state index < -0.39 is 5.97 Å². The summed E-state index contributed by atoms with van der Waals surface area (Å²) in [6, 6.07) is 8.46. The SMILES string of the molecule is CCc1ccccc1CNCC1CCCCC1C(=O)O. The quantitative estimate of drug-likeness (QED) is 0.838. The number of carbonyl (C=O) groups is 1. The van der Waals surface area contributed by atoms with Crippen molar-refractivity contribution in [2.24, 2.45) is 11.8 Å². The van der Waals surface area contributed by atoms with Gasteiger partial charge in [-0.3, -0.25) is 4.79 Å². The lowest BCUT2D eigenvalue weighted by Crippen LogP contribution is -2.34. The minimum Gasteiger partial charge on any atom is -0.481 e. The molecule has 3 heteroatoms. The fraction of sp³-hybridized carbons (Fsp3) is 0.588. The first-order valence-electron chi connectivity index (χ1n) is 7.72. The molecule has 0 amide bonds. The summed E-state index contributed by atoms with van der Waals surface area (Å²) >= 11 is 0. The van der Waals surface area contributed by atoms with Crippen LogP contribution in [0.1, 0.15) is 43.7 Å². The van der Waals surface area contributed by atoms with Gasteiger partial charge >= 0.3 is 5.97 Å². The number of carboxylic acid groups (broad SMARTS) is 1. The Labute approximate surface area is 121 Å². The monoisotopic (exact) mass is 275 g/mol. The fourth-order valence-corrected chi connectivity index (χ4v) is 3.24. The van der Waals surface area contributed by atoms with E-state index in [9.17, 15) is 9.90 Å². The van der Waals surface area contributed by atoms with E-state index in [0.717, 1.165) is 38.8 Å². The van der Waals surface area contributed by atoms with Gasteiger partial charge in [0.25, 0.3) is 0 Å². The summed E-state index contributed by atoms with van der Waals surface area (Å²) in [7, 11) is 0. The van der Waals surface area contributed by atoms with Crippen molar-refractivity contribution >= 4 is 5.97 Å². The van der Waals surface area contributed by atoms with Crippen molar-refractivity contribution in [3.63, 3.8) is 0 Å². The molecule has 0 aromatic heterocycles. The van der Waals surface area contributed by atoms with E-state index in [-0.39, 0.29) is 11.8 Å². The maximum Gasteiger partial charge on any atom is 0.306 e. The molecule has 1 aliphatic rings. The second-order valence-corrected chi connectivity index (χ2v) is 5.74. The molecule has 0 bridgehead atoms. The van der Waals surface area contributed by atoms with Crippen LogP contribution in [0.4, 0.5) is 0 Å². The summed E-state index contributed by atoms with van der Waals surface area (Å²) in [5, 5.41) is 12.7. The molecule has 3 nitrogen and oxygen atoms in total. The Morgan fingerprint density at radius 3 is 2.65 bits per heavy atom. The third-order valence-corrected chi connectivity index (χ3v) is 4.45. The number of aryl methyl sites for hydroxylation is 1. The fourth-order valence-electron chi connectivity index (χ4n) is 3.24. The Bertz CT molecular complexity index is 444. The number of rotatable bonds is 6. The van der Waals surface area contributed by atoms with Crippen LogP contribution < -0.4 is 5.32 Å². The van der Waals surface area contributed by atoms with E-state index in [4.69, 9.17) is 0 Å². The second-order valence-electron chi connectivity index (χ2n) is 5.74. The highest BCUT2D eigenvalue weighted by atomic mass is 16.4. The molecule has 0 radical (unpaired) electrons. The molecular weight excluding hydrogens is 250 g/mol. The Morgan fingerprint density at radius 1 is 1.25 bits per heavy atom. The molecule has 1 aliphatic carbocycles. The summed E-state index contributed by atoms with van der Waals surface area (Å²) in [5.41, 5.74) is 2.70. The molecule has 1 aromatic rings. The molecule has 2 N–H and O–H groups in total. The molecule has 2 rings (SSSR count). The predicted octanol–water partition coefficient (Wildman–Crippen LogP) is 3.23. The second kappa shape index (κ2) is 7.44. The summed E-state index contributed by atoms with van der Waals surface area (Å²) in [6.45, 7) is 3.82. The summed E-state index contributed by atoms with van der Waals surface area (Å²) in [5.74, 6) is -0.488. The van der Waals surface area contributed by atoms with Crippen LogP contribution in [0.3, 0.4) is 0 Å². The van der Waals surface area contributed by atoms with Crippen LogP contribution in [0.15, 0.2) is 24.3 Å². The van der Waals surface area contributed by atoms with Gasteiger partial charge in [-0.15, -0.1) is 0 Å². The smallest absolute Gasteiger partial charge is 0.306 e. The number of hydrogen-bond acceptors (Lipinski definition) is 2. The van der Waals surface area contributed by atoms with Gasteiger partial charge in [0.2, 0.25) is 0 Å². The average Bonchev–Trinajstić information content (AvgIpc) is 2.48. The van der Waals surface area contributed by atoms with Crippen molar-refractivity contribution in [2.75, 3.05) is 6.54 Å². The first kappa shape index (κ1) is 15.0. The van der Waals surface area contributed by atoms with Gasteiger partial charge in [0.05, 0.1) is 5.92 Å². The maximum atomic E-state index is 11.3. The van der Waals surface area contributed by atoms with Crippen LogP contribution in [0, 0.1) is 11.8 Å². The van der Waals surface area contributed by atoms with E-state index in [1.54, 1.807) is 0 Å². The van der Waals surface area contributed by atoms with E-state index in [0.29, 0.717) is 0 Å². The lowest BCUT2D eigenvalue weighted by molar-refractivity contribution is -0.144. The van der Waals surface area contributed by atoms with Crippen LogP contribution in [0.25, 0.3) is 0 Å². The number of aliphatic carboxylic acids is 1. The summed E-state index contributed by atoms with van der Waals surface area (Å²) in [6.07, 6.45) is 5.15. The van der Waals surface area contributed by atoms with Crippen molar-refractivity contribution in [3.05, 3.63) is 35.4 Å². The lowest BCUT2D eigenvalue weighted by atomic mass is 9.79. The van der Waals surface area contributed by atoms with Gasteiger partial charge in [-0.2, -0.15) is 0 Å². The first-order chi connectivity index (χ1) is 9.72. The van der Waals surface area contributed by atoms with Crippen LogP contribution in [-0.2, 0) is 17.8 Å². The van der Waals surface area contributed by atoms with E-state index >= 15 is 0 Å². The molecule has 20 heavy (non-hydrogen) atoms. The zero-order valence-corrected chi connectivity index (χ0v) is 12.3. The predicted molar refractivity (Wildman–Crippen MR) is 80.6 cm³/mol. The third-order valence-electron chi connectivity index (χ3n) is 4.45. The molecule has 0 spiro atoms. The molecule has 110 valence electrons. The summed E-state index contributed by atoms with van der Waals surface area (Å²) in [4.78, 5) is 11.3. The largest absolute Gasteiger partial charge is 0.481 e. The Hall–Kier alpha value is -1.35. The topological polar surface area (TPSA) is 49.3 Å². The molecule has 1 aromatic carbocycles. The molecule has 0 aliphatic heterocycles. The lowest BCUT2D eigenvalue weighted by Gasteiger charge is -2.28. The van der Waals surface area contributed by atoms with Crippen molar-refractivity contribution in [2.45, 2.75) is 45.6 Å². The van der Waals surface area contributed by atoms with Gasteiger partial charge in [0.1, 0.15) is 0 Å². The zero-order valence-electron chi connectivity index (χ0n) is 12.3. The normalized spacial score (nSPS) is 22.6. The number of carboxylic acids is 1. The maximum absolute atomic E-state index is 11.3. The van der Waals surface area contributed by atoms with Gasteiger partial charge in [0, 0.05) is 6.54 Å². The molecule has 2 unspecified atom stereocenters. The number of nitrogens with one attached hydrogen (secondary N) is 1. The standard InChI is InChI=1S/C17H25NO2/c1-2-13-7-3-4-8-14(13)11-18-12-15-9-5-6-10-16(15)17(19)20/h3-4,7-8,15-16,18H,2,5-6,9-12H2,1H3,(H,19,20). The zero-order chi connectivity index (χ0) is 14.4. The van der Waals surface area contributed by atoms with Crippen LogP contribution in [0.2, 0.25) is 0 Å². The van der Waals surface area contributed by atoms with E-state index in [1.165, 1.54) is 17.5 Å². The van der Waals surface area contributed by atoms with E-state index in [2.05, 4.69) is 36.5 Å². The minimum atomic E-state index is -0.620. The summed E-state index contributed by atoms with van der Waals surface area (Å²) < 4.78 is 0. The first-order valence-corrected chi connectivity index (χ1v) is 7.72. The molecule has 0 saturated heterocycles. The molecule has 1 fully saturated rings. The van der Waals surface area contributed by atoms with Crippen molar-refractivity contribution in [3.8, 4) is 0 Å². The highest BCUT2D eigenvalue weighted by Crippen LogP contribution is 2.29. The molecular formula is C17H25NO2. The highest BCUT2D eigenvalue weighted by molar-refractivity contribution is 5.70. The highest BCUT2D eigenvalue weighted by Gasteiger charge is 2.30. The van der Waals surface area contributed by atoms with Gasteiger partial charge < -0.3 is 10.4 Å². The minimum absolute atomic E-state index is 0.155. The molecule has 0 heterocycles. The molecule has 1 saturated carbocycles. The van der Waals surface area contributed by atoms with Crippen molar-refractivity contribution in [1.29, 1.82) is 0 Å². The van der Waals surface area contributed by atoms with Gasteiger partial charge in [-0.05, 0) is 42.9 Å². The third kappa shape index (κ3) is 3.83.